The zero-order valence-corrected chi connectivity index (χ0v) is 21.6. The highest BCUT2D eigenvalue weighted by molar-refractivity contribution is 6.29. The van der Waals surface area contributed by atoms with Crippen LogP contribution in [0.15, 0.2) is 61.1 Å². The van der Waals surface area contributed by atoms with Gasteiger partial charge >= 0.3 is 0 Å². The van der Waals surface area contributed by atoms with Crippen molar-refractivity contribution in [2.45, 2.75) is 63.4 Å². The number of aromatic nitrogens is 2. The van der Waals surface area contributed by atoms with Crippen molar-refractivity contribution in [3.05, 3.63) is 94.0 Å². The number of benzene rings is 1. The van der Waals surface area contributed by atoms with E-state index in [1.807, 2.05) is 36.4 Å². The van der Waals surface area contributed by atoms with Crippen molar-refractivity contribution < 1.29 is 15.0 Å². The van der Waals surface area contributed by atoms with Gasteiger partial charge in [0.25, 0.3) is 5.91 Å². The number of aliphatic hydroxyl groups excluding tert-OH is 1. The summed E-state index contributed by atoms with van der Waals surface area (Å²) in [5.41, 5.74) is 3.10. The SMILES string of the molecule is CN(Cc1cncc(C(C)(C)O)c1)C(=O)c1ccc(C[C@@H]2CC[C@H](C(O)c3ccc(Cl)nc3)N2)cc1. The summed E-state index contributed by atoms with van der Waals surface area (Å²) in [7, 11) is 1.76. The second-order valence-electron chi connectivity index (χ2n) is 10.1. The van der Waals surface area contributed by atoms with Crippen molar-refractivity contribution in [3.8, 4) is 0 Å². The lowest BCUT2D eigenvalue weighted by Gasteiger charge is -2.21. The Morgan fingerprint density at radius 2 is 1.89 bits per heavy atom. The zero-order chi connectivity index (χ0) is 25.9. The van der Waals surface area contributed by atoms with Gasteiger partial charge in [0.15, 0.2) is 0 Å². The topological polar surface area (TPSA) is 98.6 Å². The Morgan fingerprint density at radius 3 is 2.56 bits per heavy atom. The molecule has 1 saturated heterocycles. The molecule has 0 bridgehead atoms. The van der Waals surface area contributed by atoms with E-state index in [0.29, 0.717) is 22.8 Å². The highest BCUT2D eigenvalue weighted by Crippen LogP contribution is 2.27. The number of hydrogen-bond acceptors (Lipinski definition) is 6. The number of aliphatic hydroxyl groups is 2. The van der Waals surface area contributed by atoms with Crippen LogP contribution in [0.1, 0.15) is 65.4 Å². The van der Waals surface area contributed by atoms with Gasteiger partial charge in [-0.2, -0.15) is 0 Å². The summed E-state index contributed by atoms with van der Waals surface area (Å²) in [5.74, 6) is -0.0750. The van der Waals surface area contributed by atoms with Crippen LogP contribution in [0.2, 0.25) is 5.15 Å². The number of hydrogen-bond donors (Lipinski definition) is 3. The number of nitrogens with zero attached hydrogens (tertiary/aromatic N) is 3. The van der Waals surface area contributed by atoms with Gasteiger partial charge in [-0.3, -0.25) is 9.78 Å². The molecule has 1 aromatic carbocycles. The molecule has 1 aliphatic rings. The lowest BCUT2D eigenvalue weighted by atomic mass is 9.99. The summed E-state index contributed by atoms with van der Waals surface area (Å²) in [5, 5.41) is 24.9. The molecule has 3 aromatic rings. The highest BCUT2D eigenvalue weighted by atomic mass is 35.5. The van der Waals surface area contributed by atoms with Crippen molar-refractivity contribution in [2.75, 3.05) is 7.05 Å². The first kappa shape index (κ1) is 26.2. The first-order valence-electron chi connectivity index (χ1n) is 12.2. The fourth-order valence-electron chi connectivity index (χ4n) is 4.60. The minimum absolute atomic E-state index is 0.0307. The second-order valence-corrected chi connectivity index (χ2v) is 10.5. The minimum atomic E-state index is -0.985. The van der Waals surface area contributed by atoms with Gasteiger partial charge in [-0.05, 0) is 68.5 Å². The van der Waals surface area contributed by atoms with Crippen molar-refractivity contribution in [1.82, 2.24) is 20.2 Å². The van der Waals surface area contributed by atoms with Gasteiger partial charge in [-0.25, -0.2) is 4.98 Å². The number of carbonyl (C=O) groups is 1. The van der Waals surface area contributed by atoms with Gasteiger partial charge in [-0.15, -0.1) is 0 Å². The fourth-order valence-corrected chi connectivity index (χ4v) is 4.71. The van der Waals surface area contributed by atoms with E-state index in [1.165, 1.54) is 0 Å². The van der Waals surface area contributed by atoms with E-state index in [4.69, 9.17) is 11.6 Å². The molecule has 190 valence electrons. The molecular formula is C28H33ClN4O3. The third-order valence-corrected chi connectivity index (χ3v) is 6.92. The third-order valence-electron chi connectivity index (χ3n) is 6.70. The largest absolute Gasteiger partial charge is 0.387 e. The van der Waals surface area contributed by atoms with E-state index < -0.39 is 11.7 Å². The van der Waals surface area contributed by atoms with Gasteiger partial charge in [-0.1, -0.05) is 29.8 Å². The normalized spacial score (nSPS) is 18.7. The molecule has 0 radical (unpaired) electrons. The number of carbonyl (C=O) groups excluding carboxylic acids is 1. The van der Waals surface area contributed by atoms with Gasteiger partial charge in [0.1, 0.15) is 5.15 Å². The van der Waals surface area contributed by atoms with E-state index in [-0.39, 0.29) is 18.0 Å². The number of nitrogens with one attached hydrogen (secondary N) is 1. The Bertz CT molecular complexity index is 1180. The molecule has 3 atom stereocenters. The van der Waals surface area contributed by atoms with Gasteiger partial charge < -0.3 is 20.4 Å². The molecule has 0 saturated carbocycles. The van der Waals surface area contributed by atoms with E-state index >= 15 is 0 Å². The summed E-state index contributed by atoms with van der Waals surface area (Å²) in [4.78, 5) is 22.9. The molecule has 0 spiro atoms. The maximum Gasteiger partial charge on any atom is 0.253 e. The van der Waals surface area contributed by atoms with Crippen LogP contribution in [0, 0.1) is 0 Å². The van der Waals surface area contributed by atoms with E-state index in [0.717, 1.165) is 36.0 Å². The predicted molar refractivity (Wildman–Crippen MR) is 140 cm³/mol. The molecule has 7 nitrogen and oxygen atoms in total. The first-order chi connectivity index (χ1) is 17.1. The quantitative estimate of drug-likeness (QED) is 0.397. The van der Waals surface area contributed by atoms with Crippen LogP contribution < -0.4 is 5.32 Å². The number of rotatable bonds is 8. The summed E-state index contributed by atoms with van der Waals surface area (Å²) in [6.45, 7) is 3.83. The predicted octanol–water partition coefficient (Wildman–Crippen LogP) is 4.03. The maximum absolute atomic E-state index is 13.0. The number of halogens is 1. The van der Waals surface area contributed by atoms with E-state index in [1.54, 1.807) is 50.5 Å². The van der Waals surface area contributed by atoms with Crippen molar-refractivity contribution >= 4 is 17.5 Å². The summed E-state index contributed by atoms with van der Waals surface area (Å²) in [6.07, 6.45) is 7.00. The average molecular weight is 509 g/mol. The van der Waals surface area contributed by atoms with Gasteiger partial charge in [0.2, 0.25) is 0 Å². The summed E-state index contributed by atoms with van der Waals surface area (Å²) in [6, 6.07) is 13.3. The highest BCUT2D eigenvalue weighted by Gasteiger charge is 2.30. The molecule has 36 heavy (non-hydrogen) atoms. The molecule has 1 aliphatic heterocycles. The molecule has 0 aliphatic carbocycles. The van der Waals surface area contributed by atoms with Gasteiger partial charge in [0.05, 0.1) is 11.7 Å². The molecule has 1 amide bonds. The van der Waals surface area contributed by atoms with Crippen molar-refractivity contribution in [2.24, 2.45) is 0 Å². The van der Waals surface area contributed by atoms with Crippen LogP contribution in [0.5, 0.6) is 0 Å². The summed E-state index contributed by atoms with van der Waals surface area (Å²) >= 11 is 5.85. The fraction of sp³-hybridized carbons (Fsp3) is 0.393. The second kappa shape index (κ2) is 11.0. The van der Waals surface area contributed by atoms with Crippen LogP contribution in [-0.2, 0) is 18.6 Å². The van der Waals surface area contributed by atoms with E-state index in [2.05, 4.69) is 15.3 Å². The van der Waals surface area contributed by atoms with Crippen LogP contribution in [0.4, 0.5) is 0 Å². The van der Waals surface area contributed by atoms with Crippen LogP contribution in [-0.4, -0.2) is 50.1 Å². The Hall–Kier alpha value is -2.84. The maximum atomic E-state index is 13.0. The first-order valence-corrected chi connectivity index (χ1v) is 12.5. The molecule has 2 aromatic heterocycles. The van der Waals surface area contributed by atoms with Crippen LogP contribution >= 0.6 is 11.6 Å². The average Bonchev–Trinajstić information content (AvgIpc) is 3.32. The molecule has 1 fully saturated rings. The number of pyridine rings is 2. The molecular weight excluding hydrogens is 476 g/mol. The van der Waals surface area contributed by atoms with E-state index in [9.17, 15) is 15.0 Å². The molecule has 4 rings (SSSR count). The van der Waals surface area contributed by atoms with Crippen LogP contribution in [0.3, 0.4) is 0 Å². The van der Waals surface area contributed by atoms with Crippen molar-refractivity contribution in [3.63, 3.8) is 0 Å². The third kappa shape index (κ3) is 6.48. The Kier molecular flexibility index (Phi) is 8.05. The monoisotopic (exact) mass is 508 g/mol. The minimum Gasteiger partial charge on any atom is -0.387 e. The lowest BCUT2D eigenvalue weighted by Crippen LogP contribution is -2.35. The Labute approximate surface area is 217 Å². The van der Waals surface area contributed by atoms with Crippen molar-refractivity contribution in [1.29, 1.82) is 0 Å². The Balaban J connectivity index is 1.32. The summed E-state index contributed by atoms with van der Waals surface area (Å²) < 4.78 is 0. The molecule has 3 N–H and O–H groups in total. The molecule has 3 heterocycles. The zero-order valence-electron chi connectivity index (χ0n) is 20.9. The van der Waals surface area contributed by atoms with Gasteiger partial charge in [0, 0.05) is 61.0 Å². The lowest BCUT2D eigenvalue weighted by molar-refractivity contribution is 0.0774. The standard InChI is InChI=1S/C28H33ClN4O3/c1-28(2,36)22-12-19(14-30-16-22)17-33(3)27(35)20-6-4-18(5-7-20)13-23-9-10-24(32-23)26(34)21-8-11-25(29)31-15-21/h4-8,11-12,14-16,23-24,26,32,34,36H,9-10,13,17H2,1-3H3/t23-,24+,26?/m0/s1. The molecule has 8 heteroatoms. The molecule has 1 unspecified atom stereocenters. The number of amides is 1. The smallest absolute Gasteiger partial charge is 0.253 e. The Morgan fingerprint density at radius 1 is 1.14 bits per heavy atom. The van der Waals surface area contributed by atoms with Crippen LogP contribution in [0.25, 0.3) is 0 Å².